The first kappa shape index (κ1) is 11.5. The molecule has 2 atom stereocenters. The topological polar surface area (TPSA) is 33.7 Å². The number of benzene rings is 1. The molecule has 1 saturated heterocycles. The molecule has 1 fully saturated rings. The molecule has 4 nitrogen and oxygen atoms in total. The number of nitrogens with zero attached hydrogens (tertiary/aromatic N) is 1. The predicted molar refractivity (Wildman–Crippen MR) is 62.6 cm³/mol. The molecule has 0 aromatic heterocycles. The highest BCUT2D eigenvalue weighted by molar-refractivity contribution is 5.65. The highest BCUT2D eigenvalue weighted by atomic mass is 19.2. The minimum atomic E-state index is -1.71. The summed E-state index contributed by atoms with van der Waals surface area (Å²) in [5, 5.41) is 2.46. The van der Waals surface area contributed by atoms with Crippen LogP contribution in [0.5, 0.6) is 11.5 Å². The van der Waals surface area contributed by atoms with E-state index in [0.717, 1.165) is 0 Å². The van der Waals surface area contributed by atoms with Crippen molar-refractivity contribution in [3.63, 3.8) is 0 Å². The maximum Gasteiger partial charge on any atom is 0.217 e. The van der Waals surface area contributed by atoms with E-state index in [2.05, 4.69) is 5.32 Å². The van der Waals surface area contributed by atoms with Crippen LogP contribution < -0.4 is 19.7 Å². The van der Waals surface area contributed by atoms with Gasteiger partial charge in [0.1, 0.15) is 13.2 Å². The van der Waals surface area contributed by atoms with E-state index in [4.69, 9.17) is 9.47 Å². The summed E-state index contributed by atoms with van der Waals surface area (Å²) < 4.78 is 38.2. The van der Waals surface area contributed by atoms with Crippen LogP contribution in [-0.2, 0) is 0 Å². The van der Waals surface area contributed by atoms with Gasteiger partial charge in [-0.25, -0.2) is 8.78 Å². The molecule has 0 amide bonds. The molecule has 0 bridgehead atoms. The van der Waals surface area contributed by atoms with Gasteiger partial charge >= 0.3 is 0 Å². The van der Waals surface area contributed by atoms with Crippen molar-refractivity contribution < 1.29 is 18.3 Å². The van der Waals surface area contributed by atoms with Gasteiger partial charge < -0.3 is 14.4 Å². The summed E-state index contributed by atoms with van der Waals surface area (Å²) >= 11 is 0. The molecule has 1 aromatic rings. The molecule has 98 valence electrons. The minimum absolute atomic E-state index is 0.390. The fourth-order valence-electron chi connectivity index (χ4n) is 2.24. The van der Waals surface area contributed by atoms with Gasteiger partial charge in [0.05, 0.1) is 5.69 Å². The lowest BCUT2D eigenvalue weighted by Crippen LogP contribution is -2.54. The molecule has 2 unspecified atom stereocenters. The highest BCUT2D eigenvalue weighted by Crippen LogP contribution is 2.40. The Bertz CT molecular complexity index is 444. The molecule has 1 aromatic carbocycles. The van der Waals surface area contributed by atoms with E-state index in [9.17, 15) is 8.78 Å². The Labute approximate surface area is 103 Å². The molecule has 0 aliphatic carbocycles. The van der Waals surface area contributed by atoms with E-state index < -0.39 is 12.6 Å². The Morgan fingerprint density at radius 1 is 1.22 bits per heavy atom. The van der Waals surface area contributed by atoms with Gasteiger partial charge in [-0.3, -0.25) is 5.32 Å². The molecule has 2 aliphatic rings. The second-order valence-corrected chi connectivity index (χ2v) is 4.22. The first-order valence-electron chi connectivity index (χ1n) is 5.94. The Hall–Kier alpha value is -1.56. The summed E-state index contributed by atoms with van der Waals surface area (Å²) in [4.78, 5) is 1.37. The third kappa shape index (κ3) is 1.86. The van der Waals surface area contributed by atoms with Gasteiger partial charge in [-0.15, -0.1) is 0 Å². The van der Waals surface area contributed by atoms with Crippen LogP contribution in [0, 0.1) is 0 Å². The van der Waals surface area contributed by atoms with Crippen LogP contribution in [0.3, 0.4) is 0 Å². The number of halogens is 2. The van der Waals surface area contributed by atoms with Gasteiger partial charge in [-0.05, 0) is 12.1 Å². The van der Waals surface area contributed by atoms with Crippen molar-refractivity contribution in [2.75, 3.05) is 31.2 Å². The second kappa shape index (κ2) is 4.61. The average molecular weight is 256 g/mol. The number of hydrogen-bond acceptors (Lipinski definition) is 4. The zero-order chi connectivity index (χ0) is 12.5. The van der Waals surface area contributed by atoms with Gasteiger partial charge in [0.2, 0.25) is 12.6 Å². The lowest BCUT2D eigenvalue weighted by Gasteiger charge is -2.36. The van der Waals surface area contributed by atoms with Crippen LogP contribution in [0.25, 0.3) is 0 Å². The van der Waals surface area contributed by atoms with E-state index in [1.807, 2.05) is 0 Å². The van der Waals surface area contributed by atoms with Crippen molar-refractivity contribution in [1.82, 2.24) is 5.32 Å². The fourth-order valence-corrected chi connectivity index (χ4v) is 2.24. The maximum atomic E-state index is 13.9. The second-order valence-electron chi connectivity index (χ2n) is 4.22. The standard InChI is InChI=1S/C12H14F2N2O2/c13-11-12(14)16(5-4-15-11)8-2-1-3-9-10(8)18-7-6-17-9/h1-3,11-12,15H,4-7H2. The smallest absolute Gasteiger partial charge is 0.217 e. The number of alkyl halides is 2. The lowest BCUT2D eigenvalue weighted by molar-refractivity contribution is 0.109. The van der Waals surface area contributed by atoms with Gasteiger partial charge in [-0.2, -0.15) is 0 Å². The monoisotopic (exact) mass is 256 g/mol. The molecule has 0 saturated carbocycles. The zero-order valence-corrected chi connectivity index (χ0v) is 9.73. The van der Waals surface area contributed by atoms with E-state index in [1.165, 1.54) is 4.90 Å². The summed E-state index contributed by atoms with van der Waals surface area (Å²) in [6, 6.07) is 5.24. The Morgan fingerprint density at radius 2 is 2.06 bits per heavy atom. The first-order chi connectivity index (χ1) is 8.77. The number of para-hydroxylation sites is 1. The fraction of sp³-hybridized carbons (Fsp3) is 0.500. The van der Waals surface area contributed by atoms with Gasteiger partial charge in [-0.1, -0.05) is 6.07 Å². The van der Waals surface area contributed by atoms with Crippen LogP contribution in [-0.4, -0.2) is 38.9 Å². The SMILES string of the molecule is FC1NCCN(c2cccc3c2OCCO3)C1F. The van der Waals surface area contributed by atoms with Gasteiger partial charge in [0, 0.05) is 13.1 Å². The quantitative estimate of drug-likeness (QED) is 0.771. The third-order valence-corrected chi connectivity index (χ3v) is 3.09. The van der Waals surface area contributed by atoms with Crippen LogP contribution in [0.15, 0.2) is 18.2 Å². The molecule has 0 spiro atoms. The maximum absolute atomic E-state index is 13.9. The summed E-state index contributed by atoms with van der Waals surface area (Å²) in [6.45, 7) is 1.68. The van der Waals surface area contributed by atoms with E-state index >= 15 is 0 Å². The number of rotatable bonds is 1. The normalized spacial score (nSPS) is 27.1. The molecule has 6 heteroatoms. The highest BCUT2D eigenvalue weighted by Gasteiger charge is 2.33. The van der Waals surface area contributed by atoms with Crippen LogP contribution >= 0.6 is 0 Å². The van der Waals surface area contributed by atoms with Crippen molar-refractivity contribution in [2.24, 2.45) is 0 Å². The largest absolute Gasteiger partial charge is 0.486 e. The molecule has 2 heterocycles. The zero-order valence-electron chi connectivity index (χ0n) is 9.73. The van der Waals surface area contributed by atoms with Crippen molar-refractivity contribution >= 4 is 5.69 Å². The summed E-state index contributed by atoms with van der Waals surface area (Å²) in [5.41, 5.74) is 0.545. The number of ether oxygens (including phenoxy) is 2. The minimum Gasteiger partial charge on any atom is -0.486 e. The number of anilines is 1. The number of hydrogen-bond donors (Lipinski definition) is 1. The lowest BCUT2D eigenvalue weighted by atomic mass is 10.2. The van der Waals surface area contributed by atoms with Crippen molar-refractivity contribution in [3.8, 4) is 11.5 Å². The average Bonchev–Trinajstić information content (AvgIpc) is 2.41. The van der Waals surface area contributed by atoms with Gasteiger partial charge in [0.25, 0.3) is 0 Å². The Balaban J connectivity index is 1.96. The summed E-state index contributed by atoms with van der Waals surface area (Å²) in [5.74, 6) is 1.08. The molecule has 2 aliphatic heterocycles. The van der Waals surface area contributed by atoms with Crippen molar-refractivity contribution in [3.05, 3.63) is 18.2 Å². The van der Waals surface area contributed by atoms with Crippen LogP contribution in [0.2, 0.25) is 0 Å². The van der Waals surface area contributed by atoms with Crippen molar-refractivity contribution in [2.45, 2.75) is 12.6 Å². The Kier molecular flexibility index (Phi) is 2.95. The van der Waals surface area contributed by atoms with E-state index in [-0.39, 0.29) is 0 Å². The molecule has 18 heavy (non-hydrogen) atoms. The molecular formula is C12H14F2N2O2. The number of nitrogens with one attached hydrogen (secondary N) is 1. The molecular weight excluding hydrogens is 242 g/mol. The third-order valence-electron chi connectivity index (χ3n) is 3.09. The Morgan fingerprint density at radius 3 is 2.94 bits per heavy atom. The van der Waals surface area contributed by atoms with Crippen LogP contribution in [0.1, 0.15) is 0 Å². The summed E-state index contributed by atoms with van der Waals surface area (Å²) in [7, 11) is 0. The van der Waals surface area contributed by atoms with E-state index in [1.54, 1.807) is 18.2 Å². The molecule has 1 N–H and O–H groups in total. The van der Waals surface area contributed by atoms with E-state index in [0.29, 0.717) is 43.5 Å². The number of piperazine rings is 1. The predicted octanol–water partition coefficient (Wildman–Crippen LogP) is 1.46. The first-order valence-corrected chi connectivity index (χ1v) is 5.94. The molecule has 0 radical (unpaired) electrons. The number of fused-ring (bicyclic) bond motifs is 1. The summed E-state index contributed by atoms with van der Waals surface area (Å²) in [6.07, 6.45) is -3.39. The van der Waals surface area contributed by atoms with Crippen molar-refractivity contribution in [1.29, 1.82) is 0 Å². The van der Waals surface area contributed by atoms with Gasteiger partial charge in [0.15, 0.2) is 11.5 Å². The molecule has 3 rings (SSSR count). The van der Waals surface area contributed by atoms with Crippen LogP contribution in [0.4, 0.5) is 14.5 Å².